The second-order valence-corrected chi connectivity index (χ2v) is 7.88. The lowest BCUT2D eigenvalue weighted by Gasteiger charge is -2.33. The summed E-state index contributed by atoms with van der Waals surface area (Å²) in [5.41, 5.74) is 0. The van der Waals surface area contributed by atoms with Gasteiger partial charge in [-0.25, -0.2) is 0 Å². The molecule has 1 heterocycles. The number of piperazine rings is 1. The summed E-state index contributed by atoms with van der Waals surface area (Å²) in [4.78, 5) is 9.77. The number of halogens is 1. The molecule has 7 heteroatoms. The fourth-order valence-corrected chi connectivity index (χ4v) is 3.27. The molecule has 0 saturated carbocycles. The van der Waals surface area contributed by atoms with Crippen LogP contribution in [0, 0.1) is 11.8 Å². The molecule has 1 fully saturated rings. The topological polar surface area (TPSA) is 52.1 Å². The van der Waals surface area contributed by atoms with Gasteiger partial charge in [-0.2, -0.15) is 0 Å². The molecule has 0 aliphatic carbocycles. The van der Waals surface area contributed by atoms with Crippen LogP contribution in [0.15, 0.2) is 4.99 Å². The van der Waals surface area contributed by atoms with Crippen LogP contribution < -0.4 is 10.6 Å². The molecule has 1 aliphatic heterocycles. The van der Waals surface area contributed by atoms with E-state index < -0.39 is 0 Å². The van der Waals surface area contributed by atoms with Gasteiger partial charge in [-0.3, -0.25) is 4.99 Å². The van der Waals surface area contributed by atoms with Crippen LogP contribution in [0.2, 0.25) is 0 Å². The first-order chi connectivity index (χ1) is 12.5. The monoisotopic (exact) mass is 497 g/mol. The number of likely N-dealkylation sites (N-methyl/N-ethyl adjacent to an activating group) is 1. The van der Waals surface area contributed by atoms with Gasteiger partial charge in [0.1, 0.15) is 0 Å². The molecular formula is C20H44IN5O. The number of rotatable bonds is 11. The Balaban J connectivity index is 0.00000676. The quantitative estimate of drug-likeness (QED) is 0.261. The first-order valence-electron chi connectivity index (χ1n) is 10.5. The average molecular weight is 498 g/mol. The first kappa shape index (κ1) is 26.9. The summed E-state index contributed by atoms with van der Waals surface area (Å²) in [6.45, 7) is 20.2. The highest BCUT2D eigenvalue weighted by molar-refractivity contribution is 14.0. The summed E-state index contributed by atoms with van der Waals surface area (Å²) in [7, 11) is 2.20. The van der Waals surface area contributed by atoms with E-state index in [1.165, 1.54) is 26.2 Å². The van der Waals surface area contributed by atoms with Gasteiger partial charge in [0, 0.05) is 59.0 Å². The van der Waals surface area contributed by atoms with Crippen molar-refractivity contribution in [2.45, 2.75) is 47.1 Å². The molecule has 2 unspecified atom stereocenters. The number of hydrogen-bond donors (Lipinski definition) is 2. The molecule has 2 atom stereocenters. The molecule has 0 aromatic carbocycles. The maximum Gasteiger partial charge on any atom is 0.191 e. The van der Waals surface area contributed by atoms with Gasteiger partial charge < -0.3 is 25.2 Å². The minimum absolute atomic E-state index is 0. The Morgan fingerprint density at radius 1 is 1.07 bits per heavy atom. The van der Waals surface area contributed by atoms with Crippen LogP contribution in [0.3, 0.4) is 0 Å². The molecule has 27 heavy (non-hydrogen) atoms. The van der Waals surface area contributed by atoms with E-state index in [1.807, 2.05) is 0 Å². The zero-order valence-electron chi connectivity index (χ0n) is 18.5. The van der Waals surface area contributed by atoms with Crippen molar-refractivity contribution in [1.82, 2.24) is 20.4 Å². The van der Waals surface area contributed by atoms with E-state index in [-0.39, 0.29) is 24.0 Å². The second kappa shape index (κ2) is 15.8. The van der Waals surface area contributed by atoms with Crippen molar-refractivity contribution < 1.29 is 4.74 Å². The van der Waals surface area contributed by atoms with Crippen molar-refractivity contribution in [3.8, 4) is 0 Å². The third-order valence-electron chi connectivity index (χ3n) is 4.92. The molecule has 6 nitrogen and oxygen atoms in total. The summed E-state index contributed by atoms with van der Waals surface area (Å²) in [5.74, 6) is 2.04. The minimum Gasteiger partial charge on any atom is -0.378 e. The molecule has 2 N–H and O–H groups in total. The molecule has 0 bridgehead atoms. The van der Waals surface area contributed by atoms with Crippen molar-refractivity contribution in [3.05, 3.63) is 0 Å². The maximum absolute atomic E-state index is 5.83. The van der Waals surface area contributed by atoms with Gasteiger partial charge in [0.2, 0.25) is 0 Å². The summed E-state index contributed by atoms with van der Waals surface area (Å²) >= 11 is 0. The molecule has 162 valence electrons. The molecule has 0 spiro atoms. The van der Waals surface area contributed by atoms with Crippen LogP contribution in [-0.4, -0.2) is 87.9 Å². The highest BCUT2D eigenvalue weighted by atomic mass is 127. The van der Waals surface area contributed by atoms with Crippen LogP contribution in [0.4, 0.5) is 0 Å². The lowest BCUT2D eigenvalue weighted by Crippen LogP contribution is -2.46. The van der Waals surface area contributed by atoms with Crippen LogP contribution in [0.25, 0.3) is 0 Å². The zero-order chi connectivity index (χ0) is 19.4. The van der Waals surface area contributed by atoms with Crippen molar-refractivity contribution in [2.24, 2.45) is 16.8 Å². The number of nitrogens with one attached hydrogen (secondary N) is 2. The Morgan fingerprint density at radius 3 is 2.30 bits per heavy atom. The Kier molecular flexibility index (Phi) is 15.7. The van der Waals surface area contributed by atoms with Gasteiger partial charge in [-0.1, -0.05) is 20.8 Å². The van der Waals surface area contributed by atoms with Crippen molar-refractivity contribution in [1.29, 1.82) is 0 Å². The molecule has 1 aliphatic rings. The van der Waals surface area contributed by atoms with E-state index in [4.69, 9.17) is 9.73 Å². The summed E-state index contributed by atoms with van der Waals surface area (Å²) in [5, 5.41) is 6.83. The van der Waals surface area contributed by atoms with E-state index in [2.05, 4.69) is 62.1 Å². The van der Waals surface area contributed by atoms with E-state index >= 15 is 0 Å². The van der Waals surface area contributed by atoms with Crippen molar-refractivity contribution in [3.63, 3.8) is 0 Å². The van der Waals surface area contributed by atoms with Crippen LogP contribution >= 0.6 is 24.0 Å². The Morgan fingerprint density at radius 2 is 1.74 bits per heavy atom. The van der Waals surface area contributed by atoms with Gasteiger partial charge in [0.15, 0.2) is 5.96 Å². The number of guanidine groups is 1. The predicted octanol–water partition coefficient (Wildman–Crippen LogP) is 2.49. The molecule has 1 saturated heterocycles. The van der Waals surface area contributed by atoms with Gasteiger partial charge in [0.05, 0.1) is 6.10 Å². The highest BCUT2D eigenvalue weighted by Gasteiger charge is 2.16. The molecule has 0 amide bonds. The summed E-state index contributed by atoms with van der Waals surface area (Å²) < 4.78 is 5.83. The van der Waals surface area contributed by atoms with Crippen molar-refractivity contribution >= 4 is 29.9 Å². The fourth-order valence-electron chi connectivity index (χ4n) is 3.27. The highest BCUT2D eigenvalue weighted by Crippen LogP contribution is 2.10. The Hall–Kier alpha value is -0.120. The van der Waals surface area contributed by atoms with Gasteiger partial charge in [-0.15, -0.1) is 24.0 Å². The summed E-state index contributed by atoms with van der Waals surface area (Å²) in [6.07, 6.45) is 1.32. The van der Waals surface area contributed by atoms with Crippen molar-refractivity contribution in [2.75, 3.05) is 66.0 Å². The lowest BCUT2D eigenvalue weighted by atomic mass is 10.0. The smallest absolute Gasteiger partial charge is 0.191 e. The van der Waals surface area contributed by atoms with E-state index in [0.29, 0.717) is 17.9 Å². The van der Waals surface area contributed by atoms with Crippen LogP contribution in [0.1, 0.15) is 41.0 Å². The molecular weight excluding hydrogens is 453 g/mol. The fraction of sp³-hybridized carbons (Fsp3) is 0.950. The number of ether oxygens (including phenoxy) is 1. The summed E-state index contributed by atoms with van der Waals surface area (Å²) in [6, 6.07) is 0. The second-order valence-electron chi connectivity index (χ2n) is 7.88. The Labute approximate surface area is 184 Å². The third-order valence-corrected chi connectivity index (χ3v) is 4.92. The van der Waals surface area contributed by atoms with Gasteiger partial charge in [-0.05, 0) is 39.2 Å². The van der Waals surface area contributed by atoms with Gasteiger partial charge >= 0.3 is 0 Å². The Bertz CT molecular complexity index is 387. The SMILES string of the molecule is CCNC(=NCC(C)CN1CCN(C)CC1)NCCC(OCC)C(C)C.I. The van der Waals surface area contributed by atoms with E-state index in [9.17, 15) is 0 Å². The minimum atomic E-state index is 0. The number of nitrogens with zero attached hydrogens (tertiary/aromatic N) is 3. The number of aliphatic imine (C=N–C) groups is 1. The molecule has 1 rings (SSSR count). The normalized spacial score (nSPS) is 18.9. The average Bonchev–Trinajstić information content (AvgIpc) is 2.60. The third kappa shape index (κ3) is 12.1. The van der Waals surface area contributed by atoms with Gasteiger partial charge in [0.25, 0.3) is 0 Å². The molecule has 0 radical (unpaired) electrons. The van der Waals surface area contributed by atoms with E-state index in [0.717, 1.165) is 45.2 Å². The van der Waals surface area contributed by atoms with E-state index in [1.54, 1.807) is 0 Å². The molecule has 0 aromatic rings. The molecule has 0 aromatic heterocycles. The standard InChI is InChI=1S/C20H43N5O.HI/c1-7-21-20(22-10-9-19(17(3)4)26-8-2)23-15-18(5)16-25-13-11-24(6)12-14-25;/h17-19H,7-16H2,1-6H3,(H2,21,22,23);1H. The number of hydrogen-bond acceptors (Lipinski definition) is 4. The van der Waals surface area contributed by atoms with Crippen LogP contribution in [-0.2, 0) is 4.74 Å². The first-order valence-corrected chi connectivity index (χ1v) is 10.5. The lowest BCUT2D eigenvalue weighted by molar-refractivity contribution is 0.0258. The maximum atomic E-state index is 5.83. The zero-order valence-corrected chi connectivity index (χ0v) is 20.8. The largest absolute Gasteiger partial charge is 0.378 e. The van der Waals surface area contributed by atoms with Crippen LogP contribution in [0.5, 0.6) is 0 Å². The predicted molar refractivity (Wildman–Crippen MR) is 127 cm³/mol.